The van der Waals surface area contributed by atoms with Crippen molar-refractivity contribution in [2.24, 2.45) is 0 Å². The van der Waals surface area contributed by atoms with Crippen LogP contribution in [-0.4, -0.2) is 14.9 Å². The molecule has 0 saturated heterocycles. The molecule has 1 N–H and O–H groups in total. The Kier molecular flexibility index (Phi) is 2.97. The van der Waals surface area contributed by atoms with Gasteiger partial charge >= 0.3 is 0 Å². The molecule has 3 heteroatoms. The molecule has 0 aromatic carbocycles. The summed E-state index contributed by atoms with van der Waals surface area (Å²) in [7, 11) is 0. The maximum absolute atomic E-state index is 4.28. The van der Waals surface area contributed by atoms with Crippen molar-refractivity contribution in [2.45, 2.75) is 39.3 Å². The molecule has 3 nitrogen and oxygen atoms in total. The highest BCUT2D eigenvalue weighted by atomic mass is 15.0. The zero-order valence-electron chi connectivity index (χ0n) is 10.2. The lowest BCUT2D eigenvalue weighted by Crippen LogP contribution is -2.38. The van der Waals surface area contributed by atoms with Crippen LogP contribution in [0.4, 0.5) is 0 Å². The Balaban J connectivity index is 2.18. The molecule has 0 amide bonds. The average Bonchev–Trinajstić information content (AvgIpc) is 2.75. The van der Waals surface area contributed by atoms with Gasteiger partial charge in [-0.1, -0.05) is 13.0 Å². The van der Waals surface area contributed by atoms with E-state index in [9.17, 15) is 0 Å². The Morgan fingerprint density at radius 1 is 1.38 bits per heavy atom. The lowest BCUT2D eigenvalue weighted by Gasteiger charge is -2.24. The first-order valence-corrected chi connectivity index (χ1v) is 5.78. The number of rotatable bonds is 4. The van der Waals surface area contributed by atoms with Gasteiger partial charge in [0, 0.05) is 30.2 Å². The predicted octanol–water partition coefficient (Wildman–Crippen LogP) is 2.61. The second kappa shape index (κ2) is 4.26. The quantitative estimate of drug-likeness (QED) is 0.853. The van der Waals surface area contributed by atoms with Crippen LogP contribution < -0.4 is 5.32 Å². The third kappa shape index (κ3) is 2.25. The van der Waals surface area contributed by atoms with E-state index in [1.54, 1.807) is 0 Å². The van der Waals surface area contributed by atoms with Gasteiger partial charge < -0.3 is 9.72 Å². The van der Waals surface area contributed by atoms with E-state index < -0.39 is 0 Å². The Morgan fingerprint density at radius 2 is 2.19 bits per heavy atom. The molecule has 0 spiro atoms. The van der Waals surface area contributed by atoms with Gasteiger partial charge in [-0.2, -0.15) is 0 Å². The van der Waals surface area contributed by atoms with E-state index in [1.807, 2.05) is 18.5 Å². The van der Waals surface area contributed by atoms with Gasteiger partial charge in [-0.05, 0) is 32.4 Å². The van der Waals surface area contributed by atoms with Gasteiger partial charge in [0.05, 0.1) is 0 Å². The molecule has 0 aliphatic carbocycles. The molecule has 16 heavy (non-hydrogen) atoms. The van der Waals surface area contributed by atoms with E-state index in [-0.39, 0.29) is 5.54 Å². The highest BCUT2D eigenvalue weighted by molar-refractivity contribution is 5.39. The second-order valence-electron chi connectivity index (χ2n) is 4.76. The fraction of sp³-hybridized carbons (Fsp3) is 0.462. The van der Waals surface area contributed by atoms with E-state index in [0.29, 0.717) is 0 Å². The second-order valence-corrected chi connectivity index (χ2v) is 4.76. The van der Waals surface area contributed by atoms with E-state index >= 15 is 0 Å². The Labute approximate surface area is 96.5 Å². The average molecular weight is 217 g/mol. The van der Waals surface area contributed by atoms with Crippen LogP contribution >= 0.6 is 0 Å². The van der Waals surface area contributed by atoms with Crippen molar-refractivity contribution in [3.8, 4) is 0 Å². The predicted molar refractivity (Wildman–Crippen MR) is 66.4 cm³/mol. The van der Waals surface area contributed by atoms with Crippen LogP contribution in [0.2, 0.25) is 0 Å². The number of aromatic nitrogens is 2. The van der Waals surface area contributed by atoms with E-state index in [4.69, 9.17) is 0 Å². The van der Waals surface area contributed by atoms with Crippen LogP contribution in [0.3, 0.4) is 0 Å². The fourth-order valence-corrected chi connectivity index (χ4v) is 1.61. The molecule has 0 aliphatic heterocycles. The number of imidazole rings is 1. The largest absolute Gasteiger partial charge is 0.306 e. The minimum atomic E-state index is 0.183. The maximum atomic E-state index is 4.28. The summed E-state index contributed by atoms with van der Waals surface area (Å²) in [6.45, 7) is 7.52. The minimum absolute atomic E-state index is 0.183. The molecule has 0 aliphatic rings. The van der Waals surface area contributed by atoms with Crippen LogP contribution in [-0.2, 0) is 6.54 Å². The van der Waals surface area contributed by atoms with E-state index in [0.717, 1.165) is 18.6 Å². The summed E-state index contributed by atoms with van der Waals surface area (Å²) in [5.41, 5.74) is 2.44. The zero-order valence-corrected chi connectivity index (χ0v) is 10.2. The van der Waals surface area contributed by atoms with Gasteiger partial charge in [0.15, 0.2) is 0 Å². The van der Waals surface area contributed by atoms with Crippen LogP contribution in [0.1, 0.15) is 32.9 Å². The number of fused-ring (bicyclic) bond motifs is 1. The first kappa shape index (κ1) is 11.1. The van der Waals surface area contributed by atoms with Gasteiger partial charge in [-0.15, -0.1) is 0 Å². The highest BCUT2D eigenvalue weighted by Crippen LogP contribution is 2.10. The maximum Gasteiger partial charge on any atom is 0.136 e. The van der Waals surface area contributed by atoms with Crippen molar-refractivity contribution in [1.29, 1.82) is 0 Å². The Morgan fingerprint density at radius 3 is 2.94 bits per heavy atom. The van der Waals surface area contributed by atoms with Crippen LogP contribution in [0, 0.1) is 0 Å². The number of hydrogen-bond donors (Lipinski definition) is 1. The Hall–Kier alpha value is -1.35. The fourth-order valence-electron chi connectivity index (χ4n) is 1.61. The summed E-state index contributed by atoms with van der Waals surface area (Å²) in [4.78, 5) is 4.28. The molecule has 0 unspecified atom stereocenters. The van der Waals surface area contributed by atoms with Crippen molar-refractivity contribution in [3.63, 3.8) is 0 Å². The molecule has 0 fully saturated rings. The molecule has 0 atom stereocenters. The van der Waals surface area contributed by atoms with Crippen molar-refractivity contribution in [1.82, 2.24) is 14.7 Å². The molecule has 0 radical (unpaired) electrons. The van der Waals surface area contributed by atoms with Crippen molar-refractivity contribution in [2.75, 3.05) is 0 Å². The first-order valence-electron chi connectivity index (χ1n) is 5.78. The molecule has 0 bridgehead atoms. The van der Waals surface area contributed by atoms with Crippen LogP contribution in [0.15, 0.2) is 30.6 Å². The summed E-state index contributed by atoms with van der Waals surface area (Å²) in [5.74, 6) is 0. The molecular formula is C13H19N3. The zero-order chi connectivity index (χ0) is 11.6. The third-order valence-corrected chi connectivity index (χ3v) is 3.14. The van der Waals surface area contributed by atoms with Crippen molar-refractivity contribution >= 4 is 5.65 Å². The van der Waals surface area contributed by atoms with Crippen molar-refractivity contribution < 1.29 is 0 Å². The van der Waals surface area contributed by atoms with Crippen LogP contribution in [0.5, 0.6) is 0 Å². The van der Waals surface area contributed by atoms with Gasteiger partial charge in [0.2, 0.25) is 0 Å². The van der Waals surface area contributed by atoms with E-state index in [2.05, 4.69) is 47.6 Å². The summed E-state index contributed by atoms with van der Waals surface area (Å²) in [6, 6.07) is 6.21. The summed E-state index contributed by atoms with van der Waals surface area (Å²) < 4.78 is 2.12. The van der Waals surface area contributed by atoms with Crippen LogP contribution in [0.25, 0.3) is 5.65 Å². The number of nitrogens with one attached hydrogen (secondary N) is 1. The number of nitrogens with zero attached hydrogens (tertiary/aromatic N) is 2. The Bertz CT molecular complexity index is 471. The van der Waals surface area contributed by atoms with E-state index in [1.165, 1.54) is 5.69 Å². The molecule has 0 saturated carbocycles. The molecule has 2 aromatic rings. The summed E-state index contributed by atoms with van der Waals surface area (Å²) in [6.07, 6.45) is 4.96. The smallest absolute Gasteiger partial charge is 0.136 e. The lowest BCUT2D eigenvalue weighted by molar-refractivity contribution is 0.371. The third-order valence-electron chi connectivity index (χ3n) is 3.14. The molecule has 86 valence electrons. The molecule has 2 heterocycles. The van der Waals surface area contributed by atoms with Gasteiger partial charge in [-0.25, -0.2) is 4.98 Å². The number of hydrogen-bond acceptors (Lipinski definition) is 2. The topological polar surface area (TPSA) is 29.3 Å². The summed E-state index contributed by atoms with van der Waals surface area (Å²) in [5, 5.41) is 3.56. The molecule has 2 rings (SSSR count). The van der Waals surface area contributed by atoms with Gasteiger partial charge in [0.25, 0.3) is 0 Å². The minimum Gasteiger partial charge on any atom is -0.306 e. The summed E-state index contributed by atoms with van der Waals surface area (Å²) >= 11 is 0. The monoisotopic (exact) mass is 217 g/mol. The SMILES string of the molecule is CCC(C)(C)NCc1cccc2nccn12. The van der Waals surface area contributed by atoms with Crippen molar-refractivity contribution in [3.05, 3.63) is 36.3 Å². The first-order chi connectivity index (χ1) is 7.62. The standard InChI is InChI=1S/C13H19N3/c1-4-13(2,3)15-10-11-6-5-7-12-14-8-9-16(11)12/h5-9,15H,4,10H2,1-3H3. The molecular weight excluding hydrogens is 198 g/mol. The normalized spacial score (nSPS) is 12.2. The van der Waals surface area contributed by atoms with Gasteiger partial charge in [-0.3, -0.25) is 0 Å². The van der Waals surface area contributed by atoms with Gasteiger partial charge in [0.1, 0.15) is 5.65 Å². The molecule has 2 aromatic heterocycles. The highest BCUT2D eigenvalue weighted by Gasteiger charge is 2.13. The number of pyridine rings is 1. The lowest BCUT2D eigenvalue weighted by atomic mass is 10.0.